The first-order valence-corrected chi connectivity index (χ1v) is 2.34. The van der Waals surface area contributed by atoms with Gasteiger partial charge in [0.05, 0.1) is 7.11 Å². The van der Waals surface area contributed by atoms with Gasteiger partial charge < -0.3 is 0 Å². The zero-order valence-corrected chi connectivity index (χ0v) is 3.60. The van der Waals surface area contributed by atoms with Crippen LogP contribution in [0.2, 0.25) is 0 Å². The van der Waals surface area contributed by atoms with Gasteiger partial charge in [-0.25, -0.2) is 4.18 Å². The Morgan fingerprint density at radius 2 is 1.83 bits per heavy atom. The lowest BCUT2D eigenvalue weighted by molar-refractivity contribution is 0.352. The predicted molar refractivity (Wildman–Crippen MR) is 18.0 cm³/mol. The molecular formula is CH3O4S. The molecule has 4 nitrogen and oxygen atoms in total. The molecule has 0 atom stereocenters. The summed E-state index contributed by atoms with van der Waals surface area (Å²) in [6.45, 7) is 0. The van der Waals surface area contributed by atoms with E-state index in [0.717, 1.165) is 0 Å². The fraction of sp³-hybridized carbons (Fsp3) is 0. The fourth-order valence-corrected chi connectivity index (χ4v) is 0. The minimum Gasteiger partial charge on any atom is -0.264 e. The first-order valence-electron chi connectivity index (χ1n) is 0.971. The SMILES string of the molecule is [CH2]OS(=O)(=O)O. The number of rotatable bonds is 1. The molecule has 0 spiro atoms. The van der Waals surface area contributed by atoms with Crippen LogP contribution in [0.1, 0.15) is 0 Å². The largest absolute Gasteiger partial charge is 0.397 e. The summed E-state index contributed by atoms with van der Waals surface area (Å²) in [5, 5.41) is 0. The molecule has 6 heavy (non-hydrogen) atoms. The molecule has 0 aromatic rings. The Labute approximate surface area is 35.7 Å². The smallest absolute Gasteiger partial charge is 0.264 e. The topological polar surface area (TPSA) is 63.6 Å². The van der Waals surface area contributed by atoms with Gasteiger partial charge in [-0.15, -0.1) is 0 Å². The van der Waals surface area contributed by atoms with Crippen LogP contribution >= 0.6 is 0 Å². The maximum absolute atomic E-state index is 9.27. The van der Waals surface area contributed by atoms with Crippen molar-refractivity contribution in [3.63, 3.8) is 0 Å². The highest BCUT2D eigenvalue weighted by Crippen LogP contribution is 1.77. The van der Waals surface area contributed by atoms with Crippen molar-refractivity contribution in [3.05, 3.63) is 7.11 Å². The second-order valence-corrected chi connectivity index (χ2v) is 1.64. The summed E-state index contributed by atoms with van der Waals surface area (Å²) < 4.78 is 29.3. The van der Waals surface area contributed by atoms with Crippen LogP contribution in [0.4, 0.5) is 0 Å². The molecule has 0 unspecified atom stereocenters. The summed E-state index contributed by atoms with van der Waals surface area (Å²) >= 11 is 0. The van der Waals surface area contributed by atoms with E-state index in [-0.39, 0.29) is 0 Å². The monoisotopic (exact) mass is 111 g/mol. The molecule has 0 aliphatic carbocycles. The van der Waals surface area contributed by atoms with Crippen molar-refractivity contribution in [1.29, 1.82) is 0 Å². The molecule has 0 aromatic heterocycles. The minimum absolute atomic E-state index is 2.42. The molecule has 0 bridgehead atoms. The van der Waals surface area contributed by atoms with Gasteiger partial charge in [0.25, 0.3) is 0 Å². The molecule has 37 valence electrons. The average Bonchev–Trinajstić information content (AvgIpc) is 1.35. The second kappa shape index (κ2) is 1.55. The van der Waals surface area contributed by atoms with E-state index in [1.807, 2.05) is 0 Å². The van der Waals surface area contributed by atoms with E-state index in [0.29, 0.717) is 0 Å². The first-order chi connectivity index (χ1) is 2.56. The van der Waals surface area contributed by atoms with Gasteiger partial charge in [-0.2, -0.15) is 8.42 Å². The summed E-state index contributed by atoms with van der Waals surface area (Å²) in [4.78, 5) is 0. The van der Waals surface area contributed by atoms with Crippen LogP contribution in [0.15, 0.2) is 0 Å². The first kappa shape index (κ1) is 5.87. The van der Waals surface area contributed by atoms with Crippen molar-refractivity contribution in [1.82, 2.24) is 0 Å². The molecule has 0 aliphatic heterocycles. The van der Waals surface area contributed by atoms with Crippen LogP contribution in [-0.2, 0) is 14.6 Å². The summed E-state index contributed by atoms with van der Waals surface area (Å²) in [5.74, 6) is 0. The standard InChI is InChI=1S/CH3O4S/c1-5-6(2,3)4/h1H2,(H,2,3,4). The van der Waals surface area contributed by atoms with Gasteiger partial charge >= 0.3 is 10.4 Å². The third-order valence-corrected chi connectivity index (χ3v) is 0.447. The summed E-state index contributed by atoms with van der Waals surface area (Å²) in [5.41, 5.74) is 0. The molecule has 0 rings (SSSR count). The third-order valence-electron chi connectivity index (χ3n) is 0.149. The Balaban J connectivity index is 3.85. The molecule has 0 aliphatic rings. The van der Waals surface area contributed by atoms with Crippen LogP contribution in [-0.4, -0.2) is 13.0 Å². The fourth-order valence-electron chi connectivity index (χ4n) is 0. The van der Waals surface area contributed by atoms with Gasteiger partial charge in [-0.1, -0.05) is 0 Å². The third kappa shape index (κ3) is 3.87. The molecular weight excluding hydrogens is 108 g/mol. The highest BCUT2D eigenvalue weighted by atomic mass is 32.3. The molecule has 1 radical (unpaired) electrons. The molecule has 0 fully saturated rings. The second-order valence-electron chi connectivity index (χ2n) is 0.546. The minimum atomic E-state index is -4.27. The van der Waals surface area contributed by atoms with Gasteiger partial charge in [0.2, 0.25) is 0 Å². The quantitative estimate of drug-likeness (QED) is 0.467. The van der Waals surface area contributed by atoms with Crippen molar-refractivity contribution in [2.45, 2.75) is 0 Å². The van der Waals surface area contributed by atoms with E-state index >= 15 is 0 Å². The Kier molecular flexibility index (Phi) is 1.51. The van der Waals surface area contributed by atoms with E-state index < -0.39 is 10.4 Å². The van der Waals surface area contributed by atoms with Crippen molar-refractivity contribution in [3.8, 4) is 0 Å². The number of hydrogen-bond donors (Lipinski definition) is 1. The zero-order chi connectivity index (χ0) is 5.21. The van der Waals surface area contributed by atoms with Crippen LogP contribution in [0.5, 0.6) is 0 Å². The van der Waals surface area contributed by atoms with E-state index in [1.165, 1.54) is 0 Å². The Morgan fingerprint density at radius 1 is 1.67 bits per heavy atom. The lowest BCUT2D eigenvalue weighted by Gasteiger charge is -1.81. The Hall–Kier alpha value is -0.130. The van der Waals surface area contributed by atoms with Crippen LogP contribution in [0.25, 0.3) is 0 Å². The Bertz CT molecular complexity index is 110. The Morgan fingerprint density at radius 3 is 1.83 bits per heavy atom. The van der Waals surface area contributed by atoms with Gasteiger partial charge in [-0.3, -0.25) is 4.55 Å². The lowest BCUT2D eigenvalue weighted by atomic mass is 11.8. The molecule has 0 amide bonds. The van der Waals surface area contributed by atoms with E-state index in [9.17, 15) is 8.42 Å². The van der Waals surface area contributed by atoms with Gasteiger partial charge in [0.1, 0.15) is 0 Å². The van der Waals surface area contributed by atoms with Crippen molar-refractivity contribution in [2.24, 2.45) is 0 Å². The number of hydrogen-bond acceptors (Lipinski definition) is 3. The summed E-state index contributed by atoms with van der Waals surface area (Å²) in [7, 11) is -1.85. The average molecular weight is 111 g/mol. The molecule has 0 saturated carbocycles. The molecule has 0 aromatic carbocycles. The maximum atomic E-state index is 9.27. The van der Waals surface area contributed by atoms with Crippen LogP contribution in [0, 0.1) is 7.11 Å². The van der Waals surface area contributed by atoms with Crippen molar-refractivity contribution in [2.75, 3.05) is 0 Å². The normalized spacial score (nSPS) is 11.7. The van der Waals surface area contributed by atoms with Gasteiger partial charge in [-0.05, 0) is 0 Å². The highest BCUT2D eigenvalue weighted by molar-refractivity contribution is 7.80. The maximum Gasteiger partial charge on any atom is 0.397 e. The molecule has 0 heterocycles. The van der Waals surface area contributed by atoms with E-state index in [2.05, 4.69) is 11.3 Å². The molecule has 0 saturated heterocycles. The summed E-state index contributed by atoms with van der Waals surface area (Å²) in [6, 6.07) is 0. The van der Waals surface area contributed by atoms with E-state index in [4.69, 9.17) is 4.55 Å². The van der Waals surface area contributed by atoms with Crippen molar-refractivity contribution >= 4 is 10.4 Å². The summed E-state index contributed by atoms with van der Waals surface area (Å²) in [6.07, 6.45) is 0. The van der Waals surface area contributed by atoms with Crippen molar-refractivity contribution < 1.29 is 17.2 Å². The molecule has 1 N–H and O–H groups in total. The van der Waals surface area contributed by atoms with E-state index in [1.54, 1.807) is 0 Å². The van der Waals surface area contributed by atoms with Crippen LogP contribution in [0.3, 0.4) is 0 Å². The highest BCUT2D eigenvalue weighted by Gasteiger charge is 1.94. The van der Waals surface area contributed by atoms with Gasteiger partial charge in [0, 0.05) is 0 Å². The predicted octanol–water partition coefficient (Wildman–Crippen LogP) is -0.403. The van der Waals surface area contributed by atoms with Gasteiger partial charge in [0.15, 0.2) is 0 Å². The lowest BCUT2D eigenvalue weighted by Crippen LogP contribution is -1.95. The molecule has 5 heteroatoms. The van der Waals surface area contributed by atoms with Crippen LogP contribution < -0.4 is 0 Å². The zero-order valence-electron chi connectivity index (χ0n) is 2.79.